The van der Waals surface area contributed by atoms with E-state index in [1.807, 2.05) is 6.92 Å². The van der Waals surface area contributed by atoms with E-state index in [2.05, 4.69) is 20.6 Å². The number of amides is 2. The van der Waals surface area contributed by atoms with E-state index >= 15 is 0 Å². The molecular weight excluding hydrogens is 428 g/mol. The Balaban J connectivity index is 1.76. The molecule has 2 aromatic carbocycles. The third-order valence-corrected chi connectivity index (χ3v) is 6.14. The Morgan fingerprint density at radius 1 is 1.10 bits per heavy atom. The maximum absolute atomic E-state index is 12.7. The number of hydrogen-bond acceptors (Lipinski definition) is 5. The molecular formula is C20H21ClN4O4S. The van der Waals surface area contributed by atoms with E-state index in [1.54, 1.807) is 30.3 Å². The number of fused-ring (bicyclic) bond motifs is 1. The number of nitrogens with zero attached hydrogens (tertiary/aromatic N) is 1. The second kappa shape index (κ2) is 9.27. The molecule has 0 bridgehead atoms. The van der Waals surface area contributed by atoms with Crippen molar-refractivity contribution in [2.24, 2.45) is 4.99 Å². The Morgan fingerprint density at radius 2 is 1.80 bits per heavy atom. The number of unbranched alkanes of at least 4 members (excludes halogenated alkanes) is 1. The lowest BCUT2D eigenvalue weighted by molar-refractivity contribution is -0.123. The molecule has 0 spiro atoms. The Kier molecular flexibility index (Phi) is 6.73. The van der Waals surface area contributed by atoms with E-state index in [9.17, 15) is 18.0 Å². The summed E-state index contributed by atoms with van der Waals surface area (Å²) in [6, 6.07) is 11.7. The van der Waals surface area contributed by atoms with Crippen LogP contribution in [0.5, 0.6) is 0 Å². The second-order valence-electron chi connectivity index (χ2n) is 6.69. The Labute approximate surface area is 179 Å². The largest absolute Gasteiger partial charge is 0.271 e. The molecule has 1 unspecified atom stereocenters. The first-order valence-electron chi connectivity index (χ1n) is 9.37. The molecule has 1 atom stereocenters. The lowest BCUT2D eigenvalue weighted by Crippen LogP contribution is -2.46. The van der Waals surface area contributed by atoms with Crippen LogP contribution < -0.4 is 15.6 Å². The minimum absolute atomic E-state index is 0.117. The number of hydrogen-bond donors (Lipinski definition) is 3. The van der Waals surface area contributed by atoms with Gasteiger partial charge < -0.3 is 0 Å². The number of carbonyl (C=O) groups is 2. The first-order chi connectivity index (χ1) is 14.3. The van der Waals surface area contributed by atoms with Gasteiger partial charge in [-0.15, -0.1) is 0 Å². The highest BCUT2D eigenvalue weighted by molar-refractivity contribution is 7.90. The summed E-state index contributed by atoms with van der Waals surface area (Å²) in [6.07, 6.45) is 1.93. The number of amidine groups is 1. The molecule has 8 nitrogen and oxygen atoms in total. The summed E-state index contributed by atoms with van der Waals surface area (Å²) < 4.78 is 26.9. The third-order valence-electron chi connectivity index (χ3n) is 4.49. The zero-order valence-corrected chi connectivity index (χ0v) is 17.8. The quantitative estimate of drug-likeness (QED) is 0.588. The van der Waals surface area contributed by atoms with Gasteiger partial charge >= 0.3 is 0 Å². The van der Waals surface area contributed by atoms with Gasteiger partial charge in [0.25, 0.3) is 21.8 Å². The summed E-state index contributed by atoms with van der Waals surface area (Å²) in [5.41, 5.74) is 5.45. The van der Waals surface area contributed by atoms with E-state index in [0.29, 0.717) is 29.0 Å². The summed E-state index contributed by atoms with van der Waals surface area (Å²) in [6.45, 7) is 1.97. The lowest BCUT2D eigenvalue weighted by Gasteiger charge is -2.14. The maximum atomic E-state index is 12.7. The van der Waals surface area contributed by atoms with Crippen LogP contribution in [0.4, 0.5) is 0 Å². The number of rotatable bonds is 6. The van der Waals surface area contributed by atoms with Crippen LogP contribution >= 0.6 is 11.6 Å². The number of benzene rings is 2. The van der Waals surface area contributed by atoms with Crippen molar-refractivity contribution in [3.63, 3.8) is 0 Å². The van der Waals surface area contributed by atoms with Crippen LogP contribution in [-0.4, -0.2) is 32.1 Å². The monoisotopic (exact) mass is 448 g/mol. The highest BCUT2D eigenvalue weighted by Gasteiger charge is 2.31. The second-order valence-corrected chi connectivity index (χ2v) is 8.77. The van der Waals surface area contributed by atoms with Crippen molar-refractivity contribution >= 4 is 39.3 Å². The summed E-state index contributed by atoms with van der Waals surface area (Å²) in [7, 11) is -3.70. The third kappa shape index (κ3) is 4.98. The molecule has 0 saturated carbocycles. The van der Waals surface area contributed by atoms with Gasteiger partial charge in [0.05, 0.1) is 4.90 Å². The number of nitrogens with one attached hydrogen (secondary N) is 3. The van der Waals surface area contributed by atoms with Crippen LogP contribution in [0.2, 0.25) is 5.02 Å². The summed E-state index contributed by atoms with van der Waals surface area (Å²) >= 11 is 5.81. The molecule has 0 aromatic heterocycles. The van der Waals surface area contributed by atoms with Gasteiger partial charge in [-0.2, -0.15) is 0 Å². The minimum Gasteiger partial charge on any atom is -0.271 e. The number of sulfonamides is 1. The molecule has 30 heavy (non-hydrogen) atoms. The molecule has 0 fully saturated rings. The van der Waals surface area contributed by atoms with Gasteiger partial charge in [-0.1, -0.05) is 43.5 Å². The Hall–Kier alpha value is -2.91. The number of halogens is 1. The maximum Gasteiger partial charge on any atom is 0.269 e. The predicted octanol–water partition coefficient (Wildman–Crippen LogP) is 2.40. The fraction of sp³-hybridized carbons (Fsp3) is 0.250. The predicted molar refractivity (Wildman–Crippen MR) is 114 cm³/mol. The molecule has 158 valence electrons. The van der Waals surface area contributed by atoms with E-state index in [4.69, 9.17) is 11.6 Å². The van der Waals surface area contributed by atoms with Crippen molar-refractivity contribution in [3.8, 4) is 0 Å². The van der Waals surface area contributed by atoms with Crippen molar-refractivity contribution < 1.29 is 18.0 Å². The highest BCUT2D eigenvalue weighted by atomic mass is 35.5. The summed E-state index contributed by atoms with van der Waals surface area (Å²) in [5, 5.41) is 0.491. The SMILES string of the molecule is CCCCC(N=C1NS(=O)(=O)c2ccccc21)C(=O)NNC(=O)c1ccc(Cl)cc1. The molecule has 3 rings (SSSR count). The van der Waals surface area contributed by atoms with Crippen molar-refractivity contribution in [2.45, 2.75) is 37.1 Å². The molecule has 2 amide bonds. The van der Waals surface area contributed by atoms with Crippen LogP contribution in [0.3, 0.4) is 0 Å². The van der Waals surface area contributed by atoms with E-state index in [0.717, 1.165) is 6.42 Å². The van der Waals surface area contributed by atoms with Crippen molar-refractivity contribution in [1.82, 2.24) is 15.6 Å². The number of hydrazine groups is 1. The van der Waals surface area contributed by atoms with Gasteiger partial charge in [-0.3, -0.25) is 30.2 Å². The standard InChI is InChI=1S/C20H21ClN4O4S/c1-2-3-7-16(20(27)24-23-19(26)13-9-11-14(21)12-10-13)22-18-15-6-4-5-8-17(15)30(28,29)25-18/h4-6,8-12,16H,2-3,7H2,1H3,(H,22,25)(H,23,26)(H,24,27). The fourth-order valence-electron chi connectivity index (χ4n) is 2.91. The molecule has 0 aliphatic carbocycles. The van der Waals surface area contributed by atoms with Crippen molar-refractivity contribution in [1.29, 1.82) is 0 Å². The van der Waals surface area contributed by atoms with Crippen LogP contribution in [0, 0.1) is 0 Å². The van der Waals surface area contributed by atoms with Gasteiger partial charge in [0.2, 0.25) is 0 Å². The van der Waals surface area contributed by atoms with Gasteiger partial charge in [0, 0.05) is 16.1 Å². The molecule has 10 heteroatoms. The number of aliphatic imine (C=N–C) groups is 1. The van der Waals surface area contributed by atoms with Gasteiger partial charge in [0.15, 0.2) is 0 Å². The average Bonchev–Trinajstić information content (AvgIpc) is 2.99. The molecule has 3 N–H and O–H groups in total. The highest BCUT2D eigenvalue weighted by Crippen LogP contribution is 2.23. The molecule has 2 aromatic rings. The van der Waals surface area contributed by atoms with Gasteiger partial charge in [-0.25, -0.2) is 8.42 Å². The molecule has 1 aliphatic rings. The zero-order valence-electron chi connectivity index (χ0n) is 16.2. The van der Waals surface area contributed by atoms with E-state index in [-0.39, 0.29) is 10.7 Å². The minimum atomic E-state index is -3.70. The Morgan fingerprint density at radius 3 is 2.50 bits per heavy atom. The fourth-order valence-corrected chi connectivity index (χ4v) is 4.28. The average molecular weight is 449 g/mol. The van der Waals surface area contributed by atoms with Crippen LogP contribution in [0.15, 0.2) is 58.4 Å². The van der Waals surface area contributed by atoms with Crippen LogP contribution in [0.25, 0.3) is 0 Å². The smallest absolute Gasteiger partial charge is 0.269 e. The first-order valence-corrected chi connectivity index (χ1v) is 11.2. The summed E-state index contributed by atoms with van der Waals surface area (Å²) in [5.74, 6) is -0.929. The van der Waals surface area contributed by atoms with Crippen LogP contribution in [-0.2, 0) is 14.8 Å². The van der Waals surface area contributed by atoms with Crippen molar-refractivity contribution in [2.75, 3.05) is 0 Å². The van der Waals surface area contributed by atoms with E-state index in [1.165, 1.54) is 18.2 Å². The topological polar surface area (TPSA) is 117 Å². The summed E-state index contributed by atoms with van der Waals surface area (Å²) in [4.78, 5) is 29.3. The normalized spacial score (nSPS) is 16.4. The first kappa shape index (κ1) is 21.8. The van der Waals surface area contributed by atoms with Gasteiger partial charge in [-0.05, 0) is 42.8 Å². The molecule has 1 aliphatic heterocycles. The zero-order chi connectivity index (χ0) is 21.7. The molecule has 0 saturated heterocycles. The Bertz CT molecular complexity index is 1080. The molecule has 0 radical (unpaired) electrons. The molecule has 1 heterocycles. The van der Waals surface area contributed by atoms with E-state index < -0.39 is 27.9 Å². The van der Waals surface area contributed by atoms with Crippen LogP contribution in [0.1, 0.15) is 42.1 Å². The van der Waals surface area contributed by atoms with Gasteiger partial charge in [0.1, 0.15) is 11.9 Å². The lowest BCUT2D eigenvalue weighted by atomic mass is 10.1. The number of carbonyl (C=O) groups excluding carboxylic acids is 2. The van der Waals surface area contributed by atoms with Crippen molar-refractivity contribution in [3.05, 3.63) is 64.7 Å².